The third kappa shape index (κ3) is 1170. The van der Waals surface area contributed by atoms with E-state index in [9.17, 15) is 0 Å². The zero-order chi connectivity index (χ0) is 7.15. The van der Waals surface area contributed by atoms with Crippen molar-refractivity contribution in [2.45, 2.75) is 13.8 Å². The molecule has 0 bridgehead atoms. The molecule has 4 N–H and O–H groups in total. The van der Waals surface area contributed by atoms with Crippen LogP contribution >= 0.6 is 0 Å². The first-order chi connectivity index (χ1) is 3.46. The van der Waals surface area contributed by atoms with E-state index in [4.69, 9.17) is 19.8 Å². The van der Waals surface area contributed by atoms with E-state index in [-0.39, 0.29) is 68.9 Å². The molecule has 0 aliphatic heterocycles. The van der Waals surface area contributed by atoms with Crippen LogP contribution in [0.25, 0.3) is 0 Å². The monoisotopic (exact) mass is 220 g/mol. The van der Waals surface area contributed by atoms with Gasteiger partial charge in [0.15, 0.2) is 17.4 Å². The van der Waals surface area contributed by atoms with Crippen LogP contribution in [0.5, 0.6) is 0 Å². The van der Waals surface area contributed by atoms with E-state index in [0.29, 0.717) is 0 Å². The Morgan fingerprint density at radius 2 is 0.917 bits per heavy atom. The molecule has 0 aliphatic carbocycles. The van der Waals surface area contributed by atoms with Gasteiger partial charge in [0.2, 0.25) is 0 Å². The van der Waals surface area contributed by atoms with E-state index in [1.54, 1.807) is 0 Å². The molecule has 8 heteroatoms. The quantitative estimate of drug-likeness (QED) is 0.411. The van der Waals surface area contributed by atoms with Crippen LogP contribution in [0.4, 0.5) is 0 Å². The first kappa shape index (κ1) is 38.3. The zero-order valence-electron chi connectivity index (χ0n) is 5.21. The maximum Gasteiger partial charge on any atom is 0.316 e. The summed E-state index contributed by atoms with van der Waals surface area (Å²) in [4.78, 5) is 18.0. The van der Waals surface area contributed by atoms with Gasteiger partial charge in [0.25, 0.3) is 11.9 Å². The maximum atomic E-state index is 9.00. The average Bonchev–Trinajstić information content (AvgIpc) is 1.25. The van der Waals surface area contributed by atoms with E-state index in [1.807, 2.05) is 0 Å². The van der Waals surface area contributed by atoms with E-state index < -0.39 is 11.9 Å². The van der Waals surface area contributed by atoms with Gasteiger partial charge in [0.1, 0.15) is 0 Å². The van der Waals surface area contributed by atoms with Gasteiger partial charge in [-0.3, -0.25) is 9.59 Å². The molecule has 0 saturated carbocycles. The van der Waals surface area contributed by atoms with Crippen LogP contribution in [0.15, 0.2) is 0 Å². The molecule has 0 spiro atoms. The van der Waals surface area contributed by atoms with E-state index in [2.05, 4.69) is 0 Å². The standard InChI is InChI=1S/2C2H4O2.Al.2Mg.H2O.7H/c2*1-2(3)4;;;;;;;;;;;/h2*1H3,(H,3,4);;;;1H2;;;;;;;. The predicted molar refractivity (Wildman–Crippen MR) is 57.3 cm³/mol. The second-order valence-electron chi connectivity index (χ2n) is 1.04. The number of hydrogen-bond donors (Lipinski definition) is 2. The predicted octanol–water partition coefficient (Wildman–Crippen LogP) is -3.66. The first-order valence-corrected chi connectivity index (χ1v) is 1.86. The summed E-state index contributed by atoms with van der Waals surface area (Å²) in [6.45, 7) is 2.17. The molecular weight excluding hydrogens is 204 g/mol. The van der Waals surface area contributed by atoms with Gasteiger partial charge in [-0.15, -0.1) is 0 Å². The van der Waals surface area contributed by atoms with Gasteiger partial charge in [-0.05, 0) is 0 Å². The summed E-state index contributed by atoms with van der Waals surface area (Å²) >= 11 is 0. The molecule has 0 aromatic carbocycles. The summed E-state index contributed by atoms with van der Waals surface area (Å²) < 4.78 is 0. The van der Waals surface area contributed by atoms with Crippen molar-refractivity contribution in [2.75, 3.05) is 0 Å². The summed E-state index contributed by atoms with van der Waals surface area (Å²) in [5, 5.41) is 14.8. The van der Waals surface area contributed by atoms with Crippen LogP contribution in [0.1, 0.15) is 13.8 Å². The topological polar surface area (TPSA) is 106 Å². The lowest BCUT2D eigenvalue weighted by molar-refractivity contribution is -0.135. The van der Waals surface area contributed by atoms with Gasteiger partial charge in [-0.25, -0.2) is 0 Å². The highest BCUT2D eigenvalue weighted by atomic mass is 27.0. The molecule has 0 aromatic heterocycles. The van der Waals surface area contributed by atoms with Crippen molar-refractivity contribution in [1.29, 1.82) is 0 Å². The van der Waals surface area contributed by atoms with Gasteiger partial charge in [-0.1, -0.05) is 0 Å². The highest BCUT2D eigenvalue weighted by Crippen LogP contribution is 1.42. The lowest BCUT2D eigenvalue weighted by atomic mass is 10.9. The number of carboxylic acids is 2. The molecule has 0 unspecified atom stereocenters. The Bertz CT molecular complexity index is 79.4. The zero-order valence-corrected chi connectivity index (χ0v) is 5.21. The Labute approximate surface area is 114 Å². The molecule has 0 atom stereocenters. The van der Waals surface area contributed by atoms with E-state index in [0.717, 1.165) is 13.8 Å². The lowest BCUT2D eigenvalue weighted by Gasteiger charge is -1.59. The summed E-state index contributed by atoms with van der Waals surface area (Å²) in [6.07, 6.45) is 0. The number of carbonyl (C=O) groups is 2. The van der Waals surface area contributed by atoms with E-state index >= 15 is 0 Å². The Kier molecular flexibility index (Phi) is 94.6. The number of rotatable bonds is 0. The molecule has 12 heavy (non-hydrogen) atoms. The molecule has 0 amide bonds. The third-order valence-electron chi connectivity index (χ3n) is 0. The van der Waals surface area contributed by atoms with Gasteiger partial charge >= 0.3 is 46.1 Å². The highest BCUT2D eigenvalue weighted by molar-refractivity contribution is 5.76. The molecule has 70 valence electrons. The van der Waals surface area contributed by atoms with Crippen LogP contribution in [0.2, 0.25) is 0 Å². The summed E-state index contributed by atoms with van der Waals surface area (Å²) in [5.41, 5.74) is 0. The molecule has 0 fully saturated rings. The molecule has 5 nitrogen and oxygen atoms in total. The van der Waals surface area contributed by atoms with Crippen LogP contribution in [-0.2, 0) is 9.59 Å². The van der Waals surface area contributed by atoms with Gasteiger partial charge in [0, 0.05) is 13.8 Å². The fourth-order valence-electron chi connectivity index (χ4n) is 0. The summed E-state index contributed by atoms with van der Waals surface area (Å²) in [6, 6.07) is 0. The largest absolute Gasteiger partial charge is 0.481 e. The van der Waals surface area contributed by atoms with Crippen molar-refractivity contribution in [3.63, 3.8) is 0 Å². The second kappa shape index (κ2) is 29.7. The molecular formula is C4H17AlMg2O5. The van der Waals surface area contributed by atoms with Crippen LogP contribution < -0.4 is 0 Å². The summed E-state index contributed by atoms with van der Waals surface area (Å²) in [7, 11) is 0. The Balaban J connectivity index is -0.0000000112. The van der Waals surface area contributed by atoms with Crippen molar-refractivity contribution < 1.29 is 25.3 Å². The smallest absolute Gasteiger partial charge is 0.316 e. The van der Waals surface area contributed by atoms with Gasteiger partial charge in [-0.2, -0.15) is 0 Å². The molecule has 0 saturated heterocycles. The number of carboxylic acid groups (broad SMARTS) is 2. The van der Waals surface area contributed by atoms with Crippen LogP contribution in [0.3, 0.4) is 0 Å². The van der Waals surface area contributed by atoms with Crippen LogP contribution in [0, 0.1) is 0 Å². The number of hydrogen-bond acceptors (Lipinski definition) is 2. The maximum absolute atomic E-state index is 9.00. The van der Waals surface area contributed by atoms with Crippen molar-refractivity contribution in [3.05, 3.63) is 0 Å². The fraction of sp³-hybridized carbons (Fsp3) is 0.500. The molecule has 0 radical (unpaired) electrons. The van der Waals surface area contributed by atoms with Crippen molar-refractivity contribution in [2.24, 2.45) is 0 Å². The first-order valence-electron chi connectivity index (χ1n) is 1.86. The Hall–Kier alpha value is 0.965. The molecule has 0 rings (SSSR count). The number of aliphatic carboxylic acids is 2. The molecule has 0 aromatic rings. The minimum Gasteiger partial charge on any atom is -0.481 e. The molecule has 0 aliphatic rings. The average molecular weight is 221 g/mol. The van der Waals surface area contributed by atoms with Crippen molar-refractivity contribution in [1.82, 2.24) is 0 Å². The summed E-state index contributed by atoms with van der Waals surface area (Å²) in [5.74, 6) is -1.67. The minimum atomic E-state index is -0.833. The molecule has 0 heterocycles. The lowest BCUT2D eigenvalue weighted by Crippen LogP contribution is -1.78. The van der Waals surface area contributed by atoms with Crippen molar-refractivity contribution in [3.8, 4) is 0 Å². The Morgan fingerprint density at radius 1 is 0.917 bits per heavy atom. The third-order valence-corrected chi connectivity index (χ3v) is 0. The Morgan fingerprint density at radius 3 is 0.917 bits per heavy atom. The van der Waals surface area contributed by atoms with Gasteiger partial charge in [0.05, 0.1) is 0 Å². The second-order valence-corrected chi connectivity index (χ2v) is 1.04. The normalized spacial score (nSPS) is 4.17. The minimum absolute atomic E-state index is 0. The fourth-order valence-corrected chi connectivity index (χ4v) is 0. The highest BCUT2D eigenvalue weighted by Gasteiger charge is 1.65. The van der Waals surface area contributed by atoms with Crippen molar-refractivity contribution >= 4 is 75.4 Å². The van der Waals surface area contributed by atoms with Crippen LogP contribution in [-0.4, -0.2) is 91.1 Å². The van der Waals surface area contributed by atoms with Gasteiger partial charge < -0.3 is 15.7 Å². The van der Waals surface area contributed by atoms with E-state index in [1.165, 1.54) is 0 Å². The SMILES string of the molecule is CC(=O)O.CC(=O)O.O.[AlH3].[MgH2].[MgH2].